The molecule has 1 aliphatic rings. The van der Waals surface area contributed by atoms with Crippen molar-refractivity contribution in [2.45, 2.75) is 13.0 Å². The number of ether oxygens (including phenoxy) is 3. The van der Waals surface area contributed by atoms with Crippen LogP contribution in [0.1, 0.15) is 17.3 Å². The van der Waals surface area contributed by atoms with E-state index in [4.69, 9.17) is 14.2 Å². The number of hydrogen-bond donors (Lipinski definition) is 2. The Morgan fingerprint density at radius 2 is 1.93 bits per heavy atom. The molecule has 0 spiro atoms. The minimum absolute atomic E-state index is 0.147. The van der Waals surface area contributed by atoms with Gasteiger partial charge in [-0.05, 0) is 31.2 Å². The molecular formula is C22H21N3O5. The van der Waals surface area contributed by atoms with Crippen LogP contribution in [0.5, 0.6) is 11.5 Å². The quantitative estimate of drug-likeness (QED) is 0.412. The second-order valence-corrected chi connectivity index (χ2v) is 6.30. The molecule has 0 bridgehead atoms. The first-order chi connectivity index (χ1) is 14.6. The summed E-state index contributed by atoms with van der Waals surface area (Å²) in [5.41, 5.74) is 0.331. The lowest BCUT2D eigenvalue weighted by molar-refractivity contribution is -0.112. The van der Waals surface area contributed by atoms with Crippen LogP contribution in [0.4, 0.5) is 5.69 Å². The Hall–Kier alpha value is -3.99. The molecule has 0 aliphatic carbocycles. The topological polar surface area (TPSA) is 110 Å². The highest BCUT2D eigenvalue weighted by molar-refractivity contribution is 6.09. The fraction of sp³-hybridized carbons (Fsp3) is 0.227. The lowest BCUT2D eigenvalue weighted by atomic mass is 10.1. The number of fused-ring (bicyclic) bond motifs is 1. The first-order valence-corrected chi connectivity index (χ1v) is 9.42. The molecule has 2 aromatic carbocycles. The third kappa shape index (κ3) is 5.08. The lowest BCUT2D eigenvalue weighted by Gasteiger charge is -2.26. The molecule has 1 heterocycles. The molecule has 0 radical (unpaired) electrons. The number of amides is 1. The van der Waals surface area contributed by atoms with Crippen molar-refractivity contribution in [2.75, 3.05) is 25.1 Å². The van der Waals surface area contributed by atoms with Crippen molar-refractivity contribution in [3.05, 3.63) is 65.9 Å². The fourth-order valence-corrected chi connectivity index (χ4v) is 2.77. The highest BCUT2D eigenvalue weighted by Crippen LogP contribution is 2.30. The number of anilines is 1. The summed E-state index contributed by atoms with van der Waals surface area (Å²) in [6, 6.07) is 15.6. The third-order valence-corrected chi connectivity index (χ3v) is 4.20. The van der Waals surface area contributed by atoms with E-state index in [1.807, 2.05) is 30.3 Å². The Balaban J connectivity index is 1.60. The van der Waals surface area contributed by atoms with E-state index in [1.54, 1.807) is 31.2 Å². The van der Waals surface area contributed by atoms with Gasteiger partial charge in [-0.3, -0.25) is 4.79 Å². The van der Waals surface area contributed by atoms with Crippen LogP contribution in [0.15, 0.2) is 60.3 Å². The van der Waals surface area contributed by atoms with Gasteiger partial charge in [0.15, 0.2) is 11.5 Å². The van der Waals surface area contributed by atoms with Crippen LogP contribution in [0.25, 0.3) is 0 Å². The number of nitrogens with zero attached hydrogens (tertiary/aromatic N) is 1. The Morgan fingerprint density at radius 1 is 1.20 bits per heavy atom. The predicted octanol–water partition coefficient (Wildman–Crippen LogP) is 2.64. The molecule has 2 N–H and O–H groups in total. The second kappa shape index (κ2) is 9.98. The smallest absolute Gasteiger partial charge is 0.340 e. The zero-order valence-electron chi connectivity index (χ0n) is 16.4. The summed E-state index contributed by atoms with van der Waals surface area (Å²) in [4.78, 5) is 24.5. The van der Waals surface area contributed by atoms with Gasteiger partial charge < -0.3 is 24.8 Å². The van der Waals surface area contributed by atoms with Gasteiger partial charge in [0.25, 0.3) is 5.91 Å². The van der Waals surface area contributed by atoms with Crippen molar-refractivity contribution in [2.24, 2.45) is 0 Å². The number of para-hydroxylation sites is 3. The number of benzene rings is 2. The fourth-order valence-electron chi connectivity index (χ4n) is 2.77. The number of nitriles is 1. The van der Waals surface area contributed by atoms with E-state index in [1.165, 1.54) is 6.20 Å². The maximum absolute atomic E-state index is 12.5. The van der Waals surface area contributed by atoms with E-state index >= 15 is 0 Å². The summed E-state index contributed by atoms with van der Waals surface area (Å²) in [6.07, 6.45) is 1.04. The number of esters is 1. The first-order valence-electron chi connectivity index (χ1n) is 9.42. The molecule has 1 aliphatic heterocycles. The number of carbonyl (C=O) groups is 2. The predicted molar refractivity (Wildman–Crippen MR) is 109 cm³/mol. The minimum Gasteiger partial charge on any atom is -0.486 e. The minimum atomic E-state index is -0.645. The maximum atomic E-state index is 12.5. The monoisotopic (exact) mass is 407 g/mol. The van der Waals surface area contributed by atoms with Gasteiger partial charge in [-0.2, -0.15) is 5.26 Å². The molecule has 8 heteroatoms. The van der Waals surface area contributed by atoms with Crippen molar-refractivity contribution in [1.29, 1.82) is 5.26 Å². The number of nitrogens with one attached hydrogen (secondary N) is 2. The van der Waals surface area contributed by atoms with Crippen molar-refractivity contribution < 1.29 is 23.8 Å². The average Bonchev–Trinajstić information content (AvgIpc) is 2.77. The van der Waals surface area contributed by atoms with E-state index in [2.05, 4.69) is 10.6 Å². The van der Waals surface area contributed by atoms with E-state index in [0.29, 0.717) is 24.7 Å². The van der Waals surface area contributed by atoms with Crippen LogP contribution in [-0.2, 0) is 9.53 Å². The first kappa shape index (κ1) is 20.7. The SMILES string of the molecule is CCOC(=O)c1ccccc1NC(=O)/C(C#N)=C\NCC1COc2ccccc2O1. The lowest BCUT2D eigenvalue weighted by Crippen LogP contribution is -2.37. The standard InChI is InChI=1S/C22H21N3O5/c1-2-28-22(27)17-7-3-4-8-18(17)25-21(26)15(11-23)12-24-13-16-14-29-19-9-5-6-10-20(19)30-16/h3-10,12,16,24H,2,13-14H2,1H3,(H,25,26)/b15-12-. The van der Waals surface area contributed by atoms with Crippen LogP contribution in [-0.4, -0.2) is 37.7 Å². The summed E-state index contributed by atoms with van der Waals surface area (Å²) < 4.78 is 16.4. The average molecular weight is 407 g/mol. The van der Waals surface area contributed by atoms with E-state index in [9.17, 15) is 14.9 Å². The summed E-state index contributed by atoms with van der Waals surface area (Å²) in [5.74, 6) is 0.131. The molecule has 0 saturated heterocycles. The van der Waals surface area contributed by atoms with E-state index in [0.717, 1.165) is 0 Å². The normalized spacial score (nSPS) is 14.9. The molecule has 1 amide bonds. The molecule has 154 valence electrons. The highest BCUT2D eigenvalue weighted by Gasteiger charge is 2.20. The van der Waals surface area contributed by atoms with Crippen molar-refractivity contribution >= 4 is 17.6 Å². The zero-order valence-corrected chi connectivity index (χ0v) is 16.4. The summed E-state index contributed by atoms with van der Waals surface area (Å²) >= 11 is 0. The Kier molecular flexibility index (Phi) is 6.90. The molecule has 1 unspecified atom stereocenters. The second-order valence-electron chi connectivity index (χ2n) is 6.30. The molecule has 0 saturated carbocycles. The van der Waals surface area contributed by atoms with Crippen LogP contribution >= 0.6 is 0 Å². The van der Waals surface area contributed by atoms with Crippen molar-refractivity contribution in [1.82, 2.24) is 5.32 Å². The van der Waals surface area contributed by atoms with Gasteiger partial charge in [-0.25, -0.2) is 4.79 Å². The van der Waals surface area contributed by atoms with Crippen LogP contribution in [0, 0.1) is 11.3 Å². The van der Waals surface area contributed by atoms with Gasteiger partial charge in [0, 0.05) is 6.20 Å². The van der Waals surface area contributed by atoms with Gasteiger partial charge in [0.2, 0.25) is 0 Å². The van der Waals surface area contributed by atoms with Gasteiger partial charge >= 0.3 is 5.97 Å². The largest absolute Gasteiger partial charge is 0.486 e. The van der Waals surface area contributed by atoms with Crippen molar-refractivity contribution in [3.63, 3.8) is 0 Å². The maximum Gasteiger partial charge on any atom is 0.340 e. The van der Waals surface area contributed by atoms with E-state index in [-0.39, 0.29) is 29.5 Å². The zero-order chi connectivity index (χ0) is 21.3. The Labute approximate surface area is 174 Å². The molecule has 2 aromatic rings. The summed E-state index contributed by atoms with van der Waals surface area (Å²) in [6.45, 7) is 2.60. The molecular weight excluding hydrogens is 386 g/mol. The van der Waals surface area contributed by atoms with Crippen LogP contribution in [0.3, 0.4) is 0 Å². The summed E-state index contributed by atoms with van der Waals surface area (Å²) in [7, 11) is 0. The molecule has 30 heavy (non-hydrogen) atoms. The molecule has 0 aromatic heterocycles. The Bertz CT molecular complexity index is 996. The van der Waals surface area contributed by atoms with Crippen LogP contribution in [0.2, 0.25) is 0 Å². The van der Waals surface area contributed by atoms with Crippen LogP contribution < -0.4 is 20.1 Å². The van der Waals surface area contributed by atoms with Crippen molar-refractivity contribution in [3.8, 4) is 17.6 Å². The molecule has 1 atom stereocenters. The number of rotatable bonds is 7. The Morgan fingerprint density at radius 3 is 2.70 bits per heavy atom. The third-order valence-electron chi connectivity index (χ3n) is 4.20. The van der Waals surface area contributed by atoms with Gasteiger partial charge in [-0.15, -0.1) is 0 Å². The number of hydrogen-bond acceptors (Lipinski definition) is 7. The molecule has 8 nitrogen and oxygen atoms in total. The summed E-state index contributed by atoms with van der Waals surface area (Å²) in [5, 5.41) is 14.8. The molecule has 0 fully saturated rings. The van der Waals surface area contributed by atoms with Gasteiger partial charge in [0.1, 0.15) is 24.4 Å². The molecule has 3 rings (SSSR count). The van der Waals surface area contributed by atoms with Gasteiger partial charge in [0.05, 0.1) is 24.4 Å². The number of carbonyl (C=O) groups excluding carboxylic acids is 2. The van der Waals surface area contributed by atoms with E-state index < -0.39 is 11.9 Å². The highest BCUT2D eigenvalue weighted by atomic mass is 16.6. The van der Waals surface area contributed by atoms with Gasteiger partial charge in [-0.1, -0.05) is 24.3 Å².